The Bertz CT molecular complexity index is 317. The molecule has 0 fully saturated rings. The van der Waals surface area contributed by atoms with Gasteiger partial charge in [-0.25, -0.2) is 4.98 Å². The van der Waals surface area contributed by atoms with Crippen molar-refractivity contribution >= 4 is 17.2 Å². The van der Waals surface area contributed by atoms with E-state index >= 15 is 0 Å². The first-order valence-corrected chi connectivity index (χ1v) is 6.66. The molecule has 96 valence electrons. The van der Waals surface area contributed by atoms with Crippen LogP contribution < -0.4 is 11.1 Å². The molecule has 0 radical (unpaired) electrons. The van der Waals surface area contributed by atoms with Gasteiger partial charge in [0.15, 0.2) is 0 Å². The van der Waals surface area contributed by atoms with E-state index in [0.29, 0.717) is 26.1 Å². The highest BCUT2D eigenvalue weighted by molar-refractivity contribution is 7.07. The fourth-order valence-corrected chi connectivity index (χ4v) is 2.01. The zero-order valence-corrected chi connectivity index (χ0v) is 10.8. The smallest absolute Gasteiger partial charge is 0.222 e. The van der Waals surface area contributed by atoms with Gasteiger partial charge in [-0.05, 0) is 6.92 Å². The standard InChI is InChI=1S/C11H19N3O2S/c1-2-16-10(6-12)5-11(15)13-4-3-9-7-17-8-14-9/h7-8,10H,2-6,12H2,1H3,(H,13,15). The lowest BCUT2D eigenvalue weighted by molar-refractivity contribution is -0.123. The number of nitrogens with one attached hydrogen (secondary N) is 1. The van der Waals surface area contributed by atoms with Gasteiger partial charge in [0.1, 0.15) is 0 Å². The normalized spacial score (nSPS) is 12.4. The van der Waals surface area contributed by atoms with Gasteiger partial charge in [-0.2, -0.15) is 0 Å². The largest absolute Gasteiger partial charge is 0.377 e. The van der Waals surface area contributed by atoms with Crippen LogP contribution in [0, 0.1) is 0 Å². The van der Waals surface area contributed by atoms with E-state index in [2.05, 4.69) is 10.3 Å². The molecule has 0 aliphatic carbocycles. The molecule has 1 unspecified atom stereocenters. The predicted molar refractivity (Wildman–Crippen MR) is 67.9 cm³/mol. The molecule has 1 rings (SSSR count). The maximum absolute atomic E-state index is 11.6. The number of thiazole rings is 1. The Balaban J connectivity index is 2.16. The van der Waals surface area contributed by atoms with Gasteiger partial charge >= 0.3 is 0 Å². The van der Waals surface area contributed by atoms with E-state index < -0.39 is 0 Å². The highest BCUT2D eigenvalue weighted by Crippen LogP contribution is 2.01. The Morgan fingerprint density at radius 3 is 3.12 bits per heavy atom. The third kappa shape index (κ3) is 5.76. The highest BCUT2D eigenvalue weighted by atomic mass is 32.1. The molecule has 0 aliphatic rings. The fraction of sp³-hybridized carbons (Fsp3) is 0.636. The minimum absolute atomic E-state index is 0.0240. The van der Waals surface area contributed by atoms with E-state index in [9.17, 15) is 4.79 Å². The van der Waals surface area contributed by atoms with Crippen molar-refractivity contribution in [3.63, 3.8) is 0 Å². The molecule has 1 heterocycles. The van der Waals surface area contributed by atoms with Crippen LogP contribution >= 0.6 is 11.3 Å². The van der Waals surface area contributed by atoms with Crippen molar-refractivity contribution in [3.05, 3.63) is 16.6 Å². The van der Waals surface area contributed by atoms with E-state index in [1.54, 1.807) is 16.8 Å². The van der Waals surface area contributed by atoms with Crippen LogP contribution in [0.25, 0.3) is 0 Å². The third-order valence-electron chi connectivity index (χ3n) is 2.27. The van der Waals surface area contributed by atoms with Gasteiger partial charge in [-0.3, -0.25) is 4.79 Å². The lowest BCUT2D eigenvalue weighted by atomic mass is 10.2. The van der Waals surface area contributed by atoms with Gasteiger partial charge in [-0.15, -0.1) is 11.3 Å². The minimum atomic E-state index is -0.181. The van der Waals surface area contributed by atoms with Crippen molar-refractivity contribution in [3.8, 4) is 0 Å². The fourth-order valence-electron chi connectivity index (χ4n) is 1.42. The second-order valence-corrected chi connectivity index (χ2v) is 4.32. The van der Waals surface area contributed by atoms with Crippen molar-refractivity contribution in [2.24, 2.45) is 5.73 Å². The van der Waals surface area contributed by atoms with Gasteiger partial charge in [0.05, 0.1) is 23.7 Å². The Morgan fingerprint density at radius 1 is 1.71 bits per heavy atom. The van der Waals surface area contributed by atoms with Gasteiger partial charge in [0.2, 0.25) is 5.91 Å². The van der Waals surface area contributed by atoms with Crippen LogP contribution in [0.1, 0.15) is 19.0 Å². The number of ether oxygens (including phenoxy) is 1. The Morgan fingerprint density at radius 2 is 2.53 bits per heavy atom. The second kappa shape index (κ2) is 8.16. The number of rotatable bonds is 8. The van der Waals surface area contributed by atoms with Crippen molar-refractivity contribution in [2.75, 3.05) is 19.7 Å². The van der Waals surface area contributed by atoms with Crippen LogP contribution in [0.2, 0.25) is 0 Å². The zero-order valence-electron chi connectivity index (χ0n) is 10.0. The molecule has 0 aromatic carbocycles. The van der Waals surface area contributed by atoms with Gasteiger partial charge in [0.25, 0.3) is 0 Å². The molecule has 1 aromatic heterocycles. The Labute approximate surface area is 105 Å². The first-order chi connectivity index (χ1) is 8.26. The summed E-state index contributed by atoms with van der Waals surface area (Å²) in [7, 11) is 0. The quantitative estimate of drug-likeness (QED) is 0.713. The number of carbonyl (C=O) groups excluding carboxylic acids is 1. The van der Waals surface area contributed by atoms with Crippen molar-refractivity contribution in [1.82, 2.24) is 10.3 Å². The molecule has 1 amide bonds. The average Bonchev–Trinajstić information content (AvgIpc) is 2.81. The summed E-state index contributed by atoms with van der Waals surface area (Å²) in [5.74, 6) is -0.0240. The number of hydrogen-bond donors (Lipinski definition) is 2. The third-order valence-corrected chi connectivity index (χ3v) is 2.90. The molecular weight excluding hydrogens is 238 g/mol. The van der Waals surface area contributed by atoms with Gasteiger partial charge < -0.3 is 15.8 Å². The lowest BCUT2D eigenvalue weighted by Gasteiger charge is -2.14. The Kier molecular flexibility index (Phi) is 6.76. The summed E-state index contributed by atoms with van der Waals surface area (Å²) in [6.07, 6.45) is 0.901. The summed E-state index contributed by atoms with van der Waals surface area (Å²) >= 11 is 1.56. The van der Waals surface area contributed by atoms with Gasteiger partial charge in [0, 0.05) is 31.5 Å². The molecule has 3 N–H and O–H groups in total. The molecule has 0 saturated carbocycles. The van der Waals surface area contributed by atoms with Crippen LogP contribution in [-0.2, 0) is 16.0 Å². The number of amides is 1. The summed E-state index contributed by atoms with van der Waals surface area (Å²) in [4.78, 5) is 15.7. The number of carbonyl (C=O) groups is 1. The van der Waals surface area contributed by atoms with Crippen LogP contribution in [0.4, 0.5) is 0 Å². The molecule has 1 atom stereocenters. The van der Waals surface area contributed by atoms with E-state index in [1.165, 1.54) is 0 Å². The second-order valence-electron chi connectivity index (χ2n) is 3.60. The Hall–Kier alpha value is -0.980. The van der Waals surface area contributed by atoms with E-state index in [1.807, 2.05) is 12.3 Å². The molecule has 0 spiro atoms. The summed E-state index contributed by atoms with van der Waals surface area (Å²) in [5, 5.41) is 4.82. The minimum Gasteiger partial charge on any atom is -0.377 e. The number of hydrogen-bond acceptors (Lipinski definition) is 5. The SMILES string of the molecule is CCOC(CN)CC(=O)NCCc1cscn1. The molecule has 0 aliphatic heterocycles. The van der Waals surface area contributed by atoms with Gasteiger partial charge in [-0.1, -0.05) is 0 Å². The molecule has 0 saturated heterocycles. The molecule has 0 bridgehead atoms. The van der Waals surface area contributed by atoms with Crippen LogP contribution in [0.3, 0.4) is 0 Å². The predicted octanol–water partition coefficient (Wildman–Crippen LogP) is 0.556. The lowest BCUT2D eigenvalue weighted by Crippen LogP contribution is -2.33. The zero-order chi connectivity index (χ0) is 12.5. The monoisotopic (exact) mass is 257 g/mol. The number of nitrogens with two attached hydrogens (primary N) is 1. The van der Waals surface area contributed by atoms with E-state index in [4.69, 9.17) is 10.5 Å². The maximum Gasteiger partial charge on any atom is 0.222 e. The summed E-state index contributed by atoms with van der Waals surface area (Å²) in [6.45, 7) is 3.44. The van der Waals surface area contributed by atoms with Crippen LogP contribution in [0.15, 0.2) is 10.9 Å². The first kappa shape index (κ1) is 14.1. The average molecular weight is 257 g/mol. The maximum atomic E-state index is 11.6. The topological polar surface area (TPSA) is 77.2 Å². The van der Waals surface area contributed by atoms with E-state index in [-0.39, 0.29) is 12.0 Å². The molecule has 1 aromatic rings. The summed E-state index contributed by atoms with van der Waals surface area (Å²) in [6, 6.07) is 0. The van der Waals surface area contributed by atoms with Crippen molar-refractivity contribution < 1.29 is 9.53 Å². The number of aromatic nitrogens is 1. The van der Waals surface area contributed by atoms with Crippen LogP contribution in [0.5, 0.6) is 0 Å². The molecular formula is C11H19N3O2S. The number of nitrogens with zero attached hydrogens (tertiary/aromatic N) is 1. The summed E-state index contributed by atoms with van der Waals surface area (Å²) in [5.41, 5.74) is 8.30. The highest BCUT2D eigenvalue weighted by Gasteiger charge is 2.11. The van der Waals surface area contributed by atoms with Crippen molar-refractivity contribution in [1.29, 1.82) is 0 Å². The molecule has 6 heteroatoms. The molecule has 17 heavy (non-hydrogen) atoms. The molecule has 5 nitrogen and oxygen atoms in total. The summed E-state index contributed by atoms with van der Waals surface area (Å²) < 4.78 is 5.32. The van der Waals surface area contributed by atoms with E-state index in [0.717, 1.165) is 12.1 Å². The van der Waals surface area contributed by atoms with Crippen LogP contribution in [-0.4, -0.2) is 36.7 Å². The van der Waals surface area contributed by atoms with Crippen molar-refractivity contribution in [2.45, 2.75) is 25.9 Å². The first-order valence-electron chi connectivity index (χ1n) is 5.71.